The van der Waals surface area contributed by atoms with E-state index in [1.807, 2.05) is 0 Å². The molecule has 1 aliphatic heterocycles. The fraction of sp³-hybridized carbons (Fsp3) is 0.360. The lowest BCUT2D eigenvalue weighted by atomic mass is 10.0. The van der Waals surface area contributed by atoms with Crippen molar-refractivity contribution in [3.05, 3.63) is 60.1 Å². The van der Waals surface area contributed by atoms with Crippen LogP contribution in [0.1, 0.15) is 31.2 Å². The first-order valence-electron chi connectivity index (χ1n) is 12.2. The van der Waals surface area contributed by atoms with Gasteiger partial charge in [0.05, 0.1) is 31.6 Å². The summed E-state index contributed by atoms with van der Waals surface area (Å²) in [4.78, 5) is 19.9. The molecule has 0 spiro atoms. The van der Waals surface area contributed by atoms with E-state index in [0.717, 1.165) is 34.9 Å². The number of hydrogen-bond acceptors (Lipinski definition) is 8. The Hall–Kier alpha value is -3.92. The minimum absolute atomic E-state index is 0.00311. The van der Waals surface area contributed by atoms with Crippen LogP contribution in [0.3, 0.4) is 0 Å². The van der Waals surface area contributed by atoms with Crippen LogP contribution in [-0.2, 0) is 27.4 Å². The van der Waals surface area contributed by atoms with Gasteiger partial charge in [0.1, 0.15) is 23.3 Å². The predicted molar refractivity (Wildman–Crippen MR) is 132 cm³/mol. The number of furan rings is 1. The zero-order chi connectivity index (χ0) is 29.7. The third kappa shape index (κ3) is 5.40. The second-order valence-corrected chi connectivity index (χ2v) is 11.2. The maximum absolute atomic E-state index is 14.8. The lowest BCUT2D eigenvalue weighted by molar-refractivity contribution is -0.145. The average Bonchev–Trinajstić information content (AvgIpc) is 3.62. The highest BCUT2D eigenvalue weighted by Crippen LogP contribution is 2.36. The number of methoxy groups -OCH3 is 1. The monoisotopic (exact) mass is 599 g/mol. The molecule has 0 bridgehead atoms. The van der Waals surface area contributed by atoms with Crippen LogP contribution in [0.5, 0.6) is 5.88 Å². The van der Waals surface area contributed by atoms with Gasteiger partial charge < -0.3 is 9.15 Å². The number of nitrogens with zero attached hydrogens (tertiary/aromatic N) is 5. The molecule has 3 atom stereocenters. The third-order valence-corrected chi connectivity index (χ3v) is 8.63. The molecule has 3 aromatic heterocycles. The van der Waals surface area contributed by atoms with Crippen molar-refractivity contribution in [3.63, 3.8) is 0 Å². The molecule has 1 aliphatic rings. The first kappa shape index (κ1) is 28.6. The average molecular weight is 600 g/mol. The standard InChI is InChI=1S/C25H22F5N5O5S/c1-13-18(27)9-19(35(13)41(37,38)22-8-15-7-16(26)4-6-21(15)40-22)20(36)5-3-14-12-34(33-23(14)39-2)17-10-31-24(32-11-17)25(28,29)30/h4,6-8,10-13,18-19H,3,5,9H2,1-2H3/t13-,18+,19-/m0/s1. The summed E-state index contributed by atoms with van der Waals surface area (Å²) in [7, 11) is -3.18. The lowest BCUT2D eigenvalue weighted by Crippen LogP contribution is -2.44. The van der Waals surface area contributed by atoms with E-state index in [9.17, 15) is 35.2 Å². The molecule has 1 saturated heterocycles. The molecule has 41 heavy (non-hydrogen) atoms. The number of rotatable bonds is 8. The van der Waals surface area contributed by atoms with Crippen molar-refractivity contribution in [1.29, 1.82) is 0 Å². The molecule has 10 nitrogen and oxygen atoms in total. The van der Waals surface area contributed by atoms with Crippen LogP contribution in [-0.4, -0.2) is 63.6 Å². The number of alkyl halides is 4. The van der Waals surface area contributed by atoms with E-state index in [2.05, 4.69) is 15.1 Å². The second kappa shape index (κ2) is 10.5. The molecule has 0 aliphatic carbocycles. The second-order valence-electron chi connectivity index (χ2n) is 9.43. The molecule has 0 radical (unpaired) electrons. The smallest absolute Gasteiger partial charge is 0.451 e. The third-order valence-electron chi connectivity index (χ3n) is 6.78. The van der Waals surface area contributed by atoms with Gasteiger partial charge in [-0.2, -0.15) is 17.5 Å². The van der Waals surface area contributed by atoms with E-state index in [4.69, 9.17) is 9.15 Å². The summed E-state index contributed by atoms with van der Waals surface area (Å²) in [6.07, 6.45) is -3.68. The van der Waals surface area contributed by atoms with Crippen molar-refractivity contribution in [1.82, 2.24) is 24.1 Å². The van der Waals surface area contributed by atoms with E-state index >= 15 is 0 Å². The van der Waals surface area contributed by atoms with Gasteiger partial charge in [0.25, 0.3) is 10.0 Å². The predicted octanol–water partition coefficient (Wildman–Crippen LogP) is 4.27. The van der Waals surface area contributed by atoms with Crippen LogP contribution in [0, 0.1) is 5.82 Å². The molecule has 218 valence electrons. The van der Waals surface area contributed by atoms with E-state index in [1.54, 1.807) is 0 Å². The van der Waals surface area contributed by atoms with Gasteiger partial charge in [-0.15, -0.1) is 5.10 Å². The highest BCUT2D eigenvalue weighted by molar-refractivity contribution is 7.89. The first-order chi connectivity index (χ1) is 19.3. The number of halogens is 5. The first-order valence-corrected chi connectivity index (χ1v) is 13.6. The molecule has 4 aromatic rings. The molecular weight excluding hydrogens is 577 g/mol. The number of aryl methyl sites for hydroxylation is 1. The Kier molecular flexibility index (Phi) is 7.31. The molecule has 4 heterocycles. The zero-order valence-corrected chi connectivity index (χ0v) is 22.3. The number of fused-ring (bicyclic) bond motifs is 1. The van der Waals surface area contributed by atoms with Gasteiger partial charge >= 0.3 is 6.18 Å². The molecule has 0 unspecified atom stereocenters. The Morgan fingerprint density at radius 3 is 2.56 bits per heavy atom. The molecule has 1 aromatic carbocycles. The maximum atomic E-state index is 14.8. The van der Waals surface area contributed by atoms with Crippen LogP contribution >= 0.6 is 0 Å². The summed E-state index contributed by atoms with van der Waals surface area (Å²) in [6, 6.07) is 2.08. The van der Waals surface area contributed by atoms with Crippen molar-refractivity contribution in [2.75, 3.05) is 7.11 Å². The zero-order valence-electron chi connectivity index (χ0n) is 21.5. The van der Waals surface area contributed by atoms with E-state index in [1.165, 1.54) is 31.0 Å². The number of aromatic nitrogens is 4. The largest absolute Gasteiger partial charge is 0.480 e. The van der Waals surface area contributed by atoms with Crippen molar-refractivity contribution in [3.8, 4) is 11.6 Å². The molecule has 0 N–H and O–H groups in total. The van der Waals surface area contributed by atoms with Crippen LogP contribution in [0.25, 0.3) is 16.7 Å². The van der Waals surface area contributed by atoms with Crippen molar-refractivity contribution >= 4 is 26.8 Å². The molecule has 16 heteroatoms. The molecule has 0 saturated carbocycles. The fourth-order valence-corrected chi connectivity index (χ4v) is 6.51. The van der Waals surface area contributed by atoms with Crippen molar-refractivity contribution < 1.29 is 44.3 Å². The maximum Gasteiger partial charge on any atom is 0.451 e. The number of ketones is 1. The lowest BCUT2D eigenvalue weighted by Gasteiger charge is -2.25. The van der Waals surface area contributed by atoms with Gasteiger partial charge in [0.2, 0.25) is 16.8 Å². The molecule has 1 fully saturated rings. The van der Waals surface area contributed by atoms with Crippen LogP contribution in [0.4, 0.5) is 22.0 Å². The van der Waals surface area contributed by atoms with Gasteiger partial charge in [-0.05, 0) is 31.5 Å². The highest BCUT2D eigenvalue weighted by Gasteiger charge is 2.49. The summed E-state index contributed by atoms with van der Waals surface area (Å²) in [5, 5.41) is 3.78. The minimum atomic E-state index is -4.72. The Morgan fingerprint density at radius 2 is 1.90 bits per heavy atom. The summed E-state index contributed by atoms with van der Waals surface area (Å²) in [6.45, 7) is 1.34. The topological polar surface area (TPSA) is 120 Å². The minimum Gasteiger partial charge on any atom is -0.480 e. The summed E-state index contributed by atoms with van der Waals surface area (Å²) in [5.41, 5.74) is 0.595. The van der Waals surface area contributed by atoms with E-state index in [0.29, 0.717) is 5.56 Å². The van der Waals surface area contributed by atoms with Gasteiger partial charge in [-0.25, -0.2) is 31.8 Å². The quantitative estimate of drug-likeness (QED) is 0.276. The van der Waals surface area contributed by atoms with Crippen molar-refractivity contribution in [2.45, 2.75) is 55.7 Å². The number of carbonyl (C=O) groups is 1. The number of sulfonamides is 1. The number of Topliss-reactive ketones (excluding diaryl/α,β-unsaturated/α-hetero) is 1. The van der Waals surface area contributed by atoms with Gasteiger partial charge in [0.15, 0.2) is 5.78 Å². The van der Waals surface area contributed by atoms with E-state index < -0.39 is 57.0 Å². The number of ether oxygens (including phenoxy) is 1. The number of hydrogen-bond donors (Lipinski definition) is 0. The Labute approximate surface area is 229 Å². The normalized spacial score (nSPS) is 20.1. The Bertz CT molecular complexity index is 1700. The molecule has 0 amide bonds. The van der Waals surface area contributed by atoms with Crippen LogP contribution < -0.4 is 4.74 Å². The number of carbonyl (C=O) groups excluding carboxylic acids is 1. The van der Waals surface area contributed by atoms with Crippen LogP contribution in [0.2, 0.25) is 0 Å². The molecular formula is C25H22F5N5O5S. The fourth-order valence-electron chi connectivity index (χ4n) is 4.72. The number of benzene rings is 1. The summed E-state index contributed by atoms with van der Waals surface area (Å²) in [5.74, 6) is -2.43. The Morgan fingerprint density at radius 1 is 1.20 bits per heavy atom. The summed E-state index contributed by atoms with van der Waals surface area (Å²) >= 11 is 0. The van der Waals surface area contributed by atoms with Gasteiger partial charge in [-0.1, -0.05) is 0 Å². The van der Waals surface area contributed by atoms with Crippen molar-refractivity contribution in [2.24, 2.45) is 0 Å². The highest BCUT2D eigenvalue weighted by atomic mass is 32.2. The molecule has 5 rings (SSSR count). The van der Waals surface area contributed by atoms with Gasteiger partial charge in [-0.3, -0.25) is 4.79 Å². The Balaban J connectivity index is 1.36. The van der Waals surface area contributed by atoms with E-state index in [-0.39, 0.29) is 41.8 Å². The van der Waals surface area contributed by atoms with Crippen LogP contribution in [0.15, 0.2) is 52.4 Å². The SMILES string of the molecule is COc1nn(-c2cnc(C(F)(F)F)nc2)cc1CCC(=O)[C@@H]1C[C@@H](F)[C@H](C)N1S(=O)(=O)c1cc2cc(F)ccc2o1. The summed E-state index contributed by atoms with van der Waals surface area (Å²) < 4.78 is 106. The van der Waals surface area contributed by atoms with Gasteiger partial charge in [0, 0.05) is 36.1 Å².